The van der Waals surface area contributed by atoms with Crippen molar-refractivity contribution < 1.29 is 9.53 Å². The Hall–Kier alpha value is -1.79. The van der Waals surface area contributed by atoms with E-state index in [0.717, 1.165) is 10.1 Å². The zero-order chi connectivity index (χ0) is 13.3. The number of methoxy groups -OCH3 is 1. The van der Waals surface area contributed by atoms with Gasteiger partial charge in [0.05, 0.1) is 18.2 Å². The lowest BCUT2D eigenvalue weighted by molar-refractivity contribution is 0.0862. The van der Waals surface area contributed by atoms with Crippen LogP contribution in [-0.2, 0) is 0 Å². The fraction of sp³-hybridized carbons (Fsp3) is 0.250. The Morgan fingerprint density at radius 2 is 2.17 bits per heavy atom. The minimum atomic E-state index is -0.208. The standard InChI is InChI=1S/C12H15N3O2S/c1-15(2)14-12(16)11-10(13)9-7(17-3)5-4-6-8(9)18-11/h4-6H,13H2,1-3H3,(H,14,16). The minimum absolute atomic E-state index is 0.208. The van der Waals surface area contributed by atoms with Crippen molar-refractivity contribution >= 4 is 33.0 Å². The van der Waals surface area contributed by atoms with Crippen molar-refractivity contribution in [3.05, 3.63) is 23.1 Å². The van der Waals surface area contributed by atoms with Gasteiger partial charge in [-0.2, -0.15) is 0 Å². The third-order valence-corrected chi connectivity index (χ3v) is 3.63. The van der Waals surface area contributed by atoms with Crippen molar-refractivity contribution in [2.45, 2.75) is 0 Å². The normalized spacial score (nSPS) is 10.9. The number of nitrogens with one attached hydrogen (secondary N) is 1. The van der Waals surface area contributed by atoms with Crippen LogP contribution in [0.5, 0.6) is 5.75 Å². The molecule has 0 saturated heterocycles. The summed E-state index contributed by atoms with van der Waals surface area (Å²) in [5.41, 5.74) is 9.19. The average Bonchev–Trinajstić information content (AvgIpc) is 2.66. The number of carbonyl (C=O) groups excluding carboxylic acids is 1. The van der Waals surface area contributed by atoms with Gasteiger partial charge in [0.25, 0.3) is 5.91 Å². The highest BCUT2D eigenvalue weighted by Gasteiger charge is 2.19. The van der Waals surface area contributed by atoms with Gasteiger partial charge in [0.1, 0.15) is 10.6 Å². The summed E-state index contributed by atoms with van der Waals surface area (Å²) in [6.07, 6.45) is 0. The summed E-state index contributed by atoms with van der Waals surface area (Å²) in [5, 5.41) is 2.39. The minimum Gasteiger partial charge on any atom is -0.496 e. The van der Waals surface area contributed by atoms with Gasteiger partial charge in [-0.15, -0.1) is 11.3 Å². The summed E-state index contributed by atoms with van der Waals surface area (Å²) in [6.45, 7) is 0. The first kappa shape index (κ1) is 12.7. The number of carbonyl (C=O) groups is 1. The van der Waals surface area contributed by atoms with E-state index < -0.39 is 0 Å². The molecule has 0 aliphatic rings. The molecule has 0 saturated carbocycles. The van der Waals surface area contributed by atoms with Crippen LogP contribution >= 0.6 is 11.3 Å². The molecule has 1 heterocycles. The number of anilines is 1. The maximum Gasteiger partial charge on any atom is 0.277 e. The predicted molar refractivity (Wildman–Crippen MR) is 73.9 cm³/mol. The number of rotatable bonds is 3. The van der Waals surface area contributed by atoms with Crippen molar-refractivity contribution in [1.82, 2.24) is 10.4 Å². The highest BCUT2D eigenvalue weighted by atomic mass is 32.1. The Morgan fingerprint density at radius 1 is 1.44 bits per heavy atom. The van der Waals surface area contributed by atoms with E-state index in [1.54, 1.807) is 26.2 Å². The second-order valence-electron chi connectivity index (χ2n) is 4.01. The average molecular weight is 265 g/mol. The van der Waals surface area contributed by atoms with E-state index in [4.69, 9.17) is 10.5 Å². The number of hydrogen-bond acceptors (Lipinski definition) is 5. The number of benzene rings is 1. The van der Waals surface area contributed by atoms with E-state index in [0.29, 0.717) is 16.3 Å². The number of hydrazine groups is 1. The highest BCUT2D eigenvalue weighted by molar-refractivity contribution is 7.21. The van der Waals surface area contributed by atoms with Crippen LogP contribution in [0.1, 0.15) is 9.67 Å². The Bertz CT molecular complexity index is 592. The molecule has 6 heteroatoms. The van der Waals surface area contributed by atoms with E-state index in [1.165, 1.54) is 11.3 Å². The van der Waals surface area contributed by atoms with Crippen LogP contribution < -0.4 is 15.9 Å². The molecule has 96 valence electrons. The van der Waals surface area contributed by atoms with Crippen LogP contribution in [-0.4, -0.2) is 32.1 Å². The lowest BCUT2D eigenvalue weighted by Gasteiger charge is -2.10. The molecule has 0 aliphatic heterocycles. The van der Waals surface area contributed by atoms with E-state index in [-0.39, 0.29) is 5.91 Å². The van der Waals surface area contributed by atoms with Gasteiger partial charge in [0, 0.05) is 18.8 Å². The Balaban J connectivity index is 2.54. The van der Waals surface area contributed by atoms with Crippen LogP contribution in [0, 0.1) is 0 Å². The van der Waals surface area contributed by atoms with E-state index in [2.05, 4.69) is 5.43 Å². The molecule has 2 aromatic rings. The molecule has 1 aromatic heterocycles. The third-order valence-electron chi connectivity index (χ3n) is 2.47. The second-order valence-corrected chi connectivity index (χ2v) is 5.07. The second kappa shape index (κ2) is 4.83. The SMILES string of the molecule is COc1cccc2sc(C(=O)NN(C)C)c(N)c12. The maximum atomic E-state index is 12.0. The van der Waals surface area contributed by atoms with Crippen molar-refractivity contribution in [3.8, 4) is 5.75 Å². The largest absolute Gasteiger partial charge is 0.496 e. The topological polar surface area (TPSA) is 67.6 Å². The van der Waals surface area contributed by atoms with Gasteiger partial charge < -0.3 is 10.5 Å². The van der Waals surface area contributed by atoms with Gasteiger partial charge >= 0.3 is 0 Å². The monoisotopic (exact) mass is 265 g/mol. The maximum absolute atomic E-state index is 12.0. The van der Waals surface area contributed by atoms with Crippen molar-refractivity contribution in [1.29, 1.82) is 0 Å². The zero-order valence-electron chi connectivity index (χ0n) is 10.5. The molecule has 0 fully saturated rings. The summed E-state index contributed by atoms with van der Waals surface area (Å²) >= 11 is 1.36. The molecule has 5 nitrogen and oxygen atoms in total. The summed E-state index contributed by atoms with van der Waals surface area (Å²) in [6, 6.07) is 5.63. The number of ether oxygens (including phenoxy) is 1. The number of hydrogen-bond donors (Lipinski definition) is 2. The molecule has 0 unspecified atom stereocenters. The first-order valence-electron chi connectivity index (χ1n) is 5.38. The van der Waals surface area contributed by atoms with Gasteiger partial charge in [-0.25, -0.2) is 5.01 Å². The van der Waals surface area contributed by atoms with Crippen LogP contribution in [0.2, 0.25) is 0 Å². The van der Waals surface area contributed by atoms with Gasteiger partial charge in [-0.1, -0.05) is 6.07 Å². The number of nitrogen functional groups attached to an aromatic ring is 1. The first-order valence-corrected chi connectivity index (χ1v) is 6.19. The molecule has 0 atom stereocenters. The number of fused-ring (bicyclic) bond motifs is 1. The lowest BCUT2D eigenvalue weighted by atomic mass is 10.2. The Kier molecular flexibility index (Phi) is 3.40. The molecule has 0 aliphatic carbocycles. The number of thiophene rings is 1. The van der Waals surface area contributed by atoms with Gasteiger partial charge in [0.15, 0.2) is 0 Å². The summed E-state index contributed by atoms with van der Waals surface area (Å²) < 4.78 is 6.21. The van der Waals surface area contributed by atoms with Crippen LogP contribution in [0.4, 0.5) is 5.69 Å². The molecule has 0 radical (unpaired) electrons. The van der Waals surface area contributed by atoms with Gasteiger partial charge in [-0.05, 0) is 12.1 Å². The lowest BCUT2D eigenvalue weighted by Crippen LogP contribution is -2.35. The zero-order valence-corrected chi connectivity index (χ0v) is 11.3. The van der Waals surface area contributed by atoms with Gasteiger partial charge in [0.2, 0.25) is 0 Å². The van der Waals surface area contributed by atoms with Crippen molar-refractivity contribution in [3.63, 3.8) is 0 Å². The number of nitrogens with two attached hydrogens (primary N) is 1. The molecule has 18 heavy (non-hydrogen) atoms. The molecule has 0 spiro atoms. The molecular formula is C12H15N3O2S. The van der Waals surface area contributed by atoms with Crippen LogP contribution in [0.15, 0.2) is 18.2 Å². The quantitative estimate of drug-likeness (QED) is 0.829. The summed E-state index contributed by atoms with van der Waals surface area (Å²) in [5.74, 6) is 0.478. The molecule has 1 amide bonds. The third kappa shape index (κ3) is 2.12. The van der Waals surface area contributed by atoms with Crippen LogP contribution in [0.3, 0.4) is 0 Å². The summed E-state index contributed by atoms with van der Waals surface area (Å²) in [7, 11) is 5.09. The highest BCUT2D eigenvalue weighted by Crippen LogP contribution is 2.39. The number of amides is 1. The predicted octanol–water partition coefficient (Wildman–Crippen LogP) is 1.70. The molecule has 1 aromatic carbocycles. The molecule has 0 bridgehead atoms. The number of nitrogens with zero attached hydrogens (tertiary/aromatic N) is 1. The fourth-order valence-corrected chi connectivity index (χ4v) is 2.76. The fourth-order valence-electron chi connectivity index (χ4n) is 1.73. The first-order chi connectivity index (χ1) is 8.54. The van der Waals surface area contributed by atoms with Crippen molar-refractivity contribution in [2.75, 3.05) is 26.9 Å². The molecule has 3 N–H and O–H groups in total. The molecular weight excluding hydrogens is 250 g/mol. The Morgan fingerprint density at radius 3 is 2.78 bits per heavy atom. The molecule has 2 rings (SSSR count). The van der Waals surface area contributed by atoms with E-state index in [1.807, 2.05) is 18.2 Å². The summed E-state index contributed by atoms with van der Waals surface area (Å²) in [4.78, 5) is 12.5. The van der Waals surface area contributed by atoms with Crippen molar-refractivity contribution in [2.24, 2.45) is 0 Å². The van der Waals surface area contributed by atoms with Gasteiger partial charge in [-0.3, -0.25) is 10.2 Å². The Labute approximate surface area is 109 Å². The van der Waals surface area contributed by atoms with E-state index >= 15 is 0 Å². The van der Waals surface area contributed by atoms with Crippen LogP contribution in [0.25, 0.3) is 10.1 Å². The smallest absolute Gasteiger partial charge is 0.277 e. The van der Waals surface area contributed by atoms with E-state index in [9.17, 15) is 4.79 Å².